The van der Waals surface area contributed by atoms with Gasteiger partial charge in [0.05, 0.1) is 13.2 Å². The third kappa shape index (κ3) is 1.38. The summed E-state index contributed by atoms with van der Waals surface area (Å²) in [5.41, 5.74) is 0.350. The summed E-state index contributed by atoms with van der Waals surface area (Å²) < 4.78 is 11.6. The van der Waals surface area contributed by atoms with Gasteiger partial charge in [0.1, 0.15) is 0 Å². The molecule has 2 saturated heterocycles. The molecule has 3 fully saturated rings. The van der Waals surface area contributed by atoms with Crippen LogP contribution in [0.25, 0.3) is 0 Å². The van der Waals surface area contributed by atoms with Crippen LogP contribution >= 0.6 is 0 Å². The van der Waals surface area contributed by atoms with Crippen molar-refractivity contribution in [1.29, 1.82) is 0 Å². The summed E-state index contributed by atoms with van der Waals surface area (Å²) in [6.07, 6.45) is 7.43. The minimum atomic E-state index is -0.213. The summed E-state index contributed by atoms with van der Waals surface area (Å²) in [5.74, 6) is -0.213. The van der Waals surface area contributed by atoms with Crippen LogP contribution in [0.5, 0.6) is 0 Å². The van der Waals surface area contributed by atoms with Crippen molar-refractivity contribution < 1.29 is 9.47 Å². The summed E-state index contributed by atoms with van der Waals surface area (Å²) in [7, 11) is 0. The highest BCUT2D eigenvalue weighted by Crippen LogP contribution is 2.43. The van der Waals surface area contributed by atoms with Crippen LogP contribution in [0.15, 0.2) is 0 Å². The largest absolute Gasteiger partial charge is 0.347 e. The Morgan fingerprint density at radius 1 is 0.929 bits per heavy atom. The summed E-state index contributed by atoms with van der Waals surface area (Å²) >= 11 is 0. The molecule has 0 aromatic rings. The van der Waals surface area contributed by atoms with Crippen LogP contribution in [0.3, 0.4) is 0 Å². The summed E-state index contributed by atoms with van der Waals surface area (Å²) in [4.78, 5) is 0. The van der Waals surface area contributed by atoms with E-state index in [1.54, 1.807) is 0 Å². The number of hydrogen-bond acceptors (Lipinski definition) is 3. The molecule has 0 amide bonds. The third-order valence-corrected chi connectivity index (χ3v) is 3.99. The Hall–Kier alpha value is -0.120. The zero-order valence-electron chi connectivity index (χ0n) is 8.68. The molecule has 80 valence electrons. The van der Waals surface area contributed by atoms with Crippen molar-refractivity contribution in [3.05, 3.63) is 0 Å². The summed E-state index contributed by atoms with van der Waals surface area (Å²) in [6, 6.07) is 0. The molecule has 2 heterocycles. The van der Waals surface area contributed by atoms with E-state index in [0.29, 0.717) is 5.54 Å². The molecule has 1 aliphatic carbocycles. The van der Waals surface area contributed by atoms with Gasteiger partial charge >= 0.3 is 0 Å². The maximum Gasteiger partial charge on any atom is 0.171 e. The van der Waals surface area contributed by atoms with Crippen LogP contribution in [0, 0.1) is 0 Å². The van der Waals surface area contributed by atoms with Crippen molar-refractivity contribution in [2.24, 2.45) is 0 Å². The first kappa shape index (κ1) is 9.13. The highest BCUT2D eigenvalue weighted by Gasteiger charge is 2.49. The predicted molar refractivity (Wildman–Crippen MR) is 53.1 cm³/mol. The molecule has 0 radical (unpaired) electrons. The lowest BCUT2D eigenvalue weighted by Crippen LogP contribution is -2.56. The van der Waals surface area contributed by atoms with Crippen molar-refractivity contribution in [3.8, 4) is 0 Å². The van der Waals surface area contributed by atoms with Crippen LogP contribution in [0.1, 0.15) is 38.5 Å². The maximum atomic E-state index is 5.81. The molecule has 0 aromatic carbocycles. The van der Waals surface area contributed by atoms with Crippen LogP contribution in [0.4, 0.5) is 0 Å². The second-order valence-electron chi connectivity index (χ2n) is 4.95. The Balaban J connectivity index is 1.77. The van der Waals surface area contributed by atoms with E-state index in [-0.39, 0.29) is 5.79 Å². The van der Waals surface area contributed by atoms with Gasteiger partial charge in [0.25, 0.3) is 0 Å². The second kappa shape index (κ2) is 3.19. The van der Waals surface area contributed by atoms with Crippen LogP contribution in [-0.4, -0.2) is 31.1 Å². The van der Waals surface area contributed by atoms with Crippen molar-refractivity contribution in [2.75, 3.05) is 19.8 Å². The molecule has 3 nitrogen and oxygen atoms in total. The molecule has 1 N–H and O–H groups in total. The molecular weight excluding hydrogens is 178 g/mol. The van der Waals surface area contributed by atoms with Gasteiger partial charge in [-0.25, -0.2) is 0 Å². The van der Waals surface area contributed by atoms with Gasteiger partial charge in [0.2, 0.25) is 0 Å². The van der Waals surface area contributed by atoms with Crippen LogP contribution in [0.2, 0.25) is 0 Å². The number of piperidine rings is 1. The molecule has 0 bridgehead atoms. The van der Waals surface area contributed by atoms with Crippen molar-refractivity contribution in [2.45, 2.75) is 49.9 Å². The number of hydrogen-bond donors (Lipinski definition) is 1. The normalized spacial score (nSPS) is 34.3. The highest BCUT2D eigenvalue weighted by atomic mass is 16.7. The molecule has 0 unspecified atom stereocenters. The Morgan fingerprint density at radius 2 is 1.64 bits per heavy atom. The predicted octanol–water partition coefficient (Wildman–Crippen LogP) is 1.43. The van der Waals surface area contributed by atoms with Gasteiger partial charge in [-0.2, -0.15) is 0 Å². The Kier molecular flexibility index (Phi) is 2.08. The first-order valence-corrected chi connectivity index (χ1v) is 5.86. The molecule has 2 spiro atoms. The fourth-order valence-corrected chi connectivity index (χ4v) is 3.33. The standard InChI is InChI=1S/C11H19NO2/c1-2-4-10(3-1)9-11(5-6-12-10)13-7-8-14-11/h12H,1-9H2. The third-order valence-electron chi connectivity index (χ3n) is 3.99. The molecule has 14 heavy (non-hydrogen) atoms. The quantitative estimate of drug-likeness (QED) is 0.637. The second-order valence-corrected chi connectivity index (χ2v) is 4.95. The zero-order valence-corrected chi connectivity index (χ0v) is 8.68. The van der Waals surface area contributed by atoms with E-state index in [0.717, 1.165) is 32.6 Å². The van der Waals surface area contributed by atoms with Gasteiger partial charge in [-0.05, 0) is 12.8 Å². The van der Waals surface area contributed by atoms with Crippen LogP contribution in [-0.2, 0) is 9.47 Å². The molecule has 3 rings (SSSR count). The van der Waals surface area contributed by atoms with E-state index in [1.165, 1.54) is 25.7 Å². The van der Waals surface area contributed by atoms with E-state index in [1.807, 2.05) is 0 Å². The molecular formula is C11H19NO2. The van der Waals surface area contributed by atoms with E-state index in [9.17, 15) is 0 Å². The zero-order chi connectivity index (χ0) is 9.49. The first-order valence-electron chi connectivity index (χ1n) is 5.86. The van der Waals surface area contributed by atoms with Gasteiger partial charge in [0, 0.05) is 24.9 Å². The highest BCUT2D eigenvalue weighted by molar-refractivity contribution is 5.01. The Bertz CT molecular complexity index is 195. The lowest BCUT2D eigenvalue weighted by Gasteiger charge is -2.43. The van der Waals surface area contributed by atoms with Crippen LogP contribution < -0.4 is 5.32 Å². The monoisotopic (exact) mass is 197 g/mol. The smallest absolute Gasteiger partial charge is 0.171 e. The molecule has 3 heteroatoms. The average molecular weight is 197 g/mol. The van der Waals surface area contributed by atoms with Gasteiger partial charge in [0.15, 0.2) is 5.79 Å². The molecule has 1 saturated carbocycles. The van der Waals surface area contributed by atoms with E-state index < -0.39 is 0 Å². The fourth-order valence-electron chi connectivity index (χ4n) is 3.33. The minimum absolute atomic E-state index is 0.213. The van der Waals surface area contributed by atoms with E-state index >= 15 is 0 Å². The van der Waals surface area contributed by atoms with Gasteiger partial charge in [-0.15, -0.1) is 0 Å². The summed E-state index contributed by atoms with van der Waals surface area (Å²) in [6.45, 7) is 2.63. The lowest BCUT2D eigenvalue weighted by atomic mass is 9.83. The average Bonchev–Trinajstić information content (AvgIpc) is 2.77. The molecule has 2 aliphatic heterocycles. The van der Waals surface area contributed by atoms with E-state index in [4.69, 9.17) is 9.47 Å². The number of ether oxygens (including phenoxy) is 2. The van der Waals surface area contributed by atoms with Gasteiger partial charge < -0.3 is 14.8 Å². The number of rotatable bonds is 0. The van der Waals surface area contributed by atoms with Gasteiger partial charge in [-0.3, -0.25) is 0 Å². The Morgan fingerprint density at radius 3 is 2.36 bits per heavy atom. The lowest BCUT2D eigenvalue weighted by molar-refractivity contribution is -0.190. The maximum absolute atomic E-state index is 5.81. The van der Waals surface area contributed by atoms with Crippen molar-refractivity contribution >= 4 is 0 Å². The molecule has 3 aliphatic rings. The number of nitrogens with one attached hydrogen (secondary N) is 1. The molecule has 0 atom stereocenters. The summed E-state index contributed by atoms with van der Waals surface area (Å²) in [5, 5.41) is 3.69. The van der Waals surface area contributed by atoms with Gasteiger partial charge in [-0.1, -0.05) is 12.8 Å². The fraction of sp³-hybridized carbons (Fsp3) is 1.00. The van der Waals surface area contributed by atoms with E-state index in [2.05, 4.69) is 5.32 Å². The Labute approximate surface area is 85.1 Å². The van der Waals surface area contributed by atoms with Crippen molar-refractivity contribution in [3.63, 3.8) is 0 Å². The minimum Gasteiger partial charge on any atom is -0.347 e. The van der Waals surface area contributed by atoms with Crippen molar-refractivity contribution in [1.82, 2.24) is 5.32 Å². The SMILES string of the molecule is C1CCC2(C1)CC1(CCN2)OCCO1. The topological polar surface area (TPSA) is 30.5 Å². The molecule has 0 aromatic heterocycles. The first-order chi connectivity index (χ1) is 6.83.